The van der Waals surface area contributed by atoms with Crippen LogP contribution >= 0.6 is 17.1 Å². The van der Waals surface area contributed by atoms with E-state index in [0.717, 1.165) is 22.4 Å². The van der Waals surface area contributed by atoms with Gasteiger partial charge in [0.2, 0.25) is 0 Å². The minimum absolute atomic E-state index is 0.618. The molecule has 1 N–H and O–H groups in total. The molecule has 0 aromatic heterocycles. The Balaban J connectivity index is 2.22. The fourth-order valence-electron chi connectivity index (χ4n) is 2.10. The van der Waals surface area contributed by atoms with Crippen LogP contribution in [0.15, 0.2) is 78.7 Å². The van der Waals surface area contributed by atoms with Gasteiger partial charge in [0.1, 0.15) is 5.75 Å². The summed E-state index contributed by atoms with van der Waals surface area (Å²) >= 11 is 6.57. The largest absolute Gasteiger partial charge is 0.436 e. The van der Waals surface area contributed by atoms with Crippen LogP contribution in [0.1, 0.15) is 11.1 Å². The molecule has 1 atom stereocenters. The molecule has 1 unspecified atom stereocenters. The first kappa shape index (κ1) is 18.0. The van der Waals surface area contributed by atoms with Crippen LogP contribution in [-0.4, -0.2) is 4.89 Å². The van der Waals surface area contributed by atoms with E-state index < -0.39 is 5.69 Å². The van der Waals surface area contributed by atoms with E-state index >= 15 is 0 Å². The molecule has 0 fully saturated rings. The van der Waals surface area contributed by atoms with Crippen LogP contribution in [0, 0.1) is 0 Å². The van der Waals surface area contributed by atoms with Crippen molar-refractivity contribution in [2.45, 2.75) is 17.7 Å². The van der Waals surface area contributed by atoms with Crippen molar-refractivity contribution in [1.29, 1.82) is 0 Å². The quantitative estimate of drug-likeness (QED) is 0.494. The molecule has 0 amide bonds. The summed E-state index contributed by atoms with van der Waals surface area (Å²) in [6, 6.07) is 15.4. The van der Waals surface area contributed by atoms with E-state index in [9.17, 15) is 4.89 Å². The van der Waals surface area contributed by atoms with E-state index in [1.165, 1.54) is 11.4 Å². The number of hydrogen-bond donors (Lipinski definition) is 1. The van der Waals surface area contributed by atoms with Crippen molar-refractivity contribution >= 4 is 28.9 Å². The van der Waals surface area contributed by atoms with Crippen LogP contribution in [-0.2, 0) is 24.6 Å². The Morgan fingerprint density at radius 3 is 2.26 bits per heavy atom. The minimum atomic E-state index is -3.06. The first-order chi connectivity index (χ1) is 11.1. The van der Waals surface area contributed by atoms with Crippen LogP contribution in [0.2, 0.25) is 0 Å². The second kappa shape index (κ2) is 8.51. The standard InChI is InChI=1S/C18H19O2PS2/c1-3-9-15-11-5-7-13-17(15)20-21(19,22)23-18-14-8-6-12-16(18)10-4-2/h3-8,11-14H,1-2,9-10H2,(H,19,22). The van der Waals surface area contributed by atoms with Crippen molar-refractivity contribution in [1.82, 2.24) is 0 Å². The molecule has 0 aliphatic carbocycles. The smallest absolute Gasteiger partial charge is 0.299 e. The van der Waals surface area contributed by atoms with Gasteiger partial charge >= 0.3 is 0 Å². The Morgan fingerprint density at radius 1 is 1.00 bits per heavy atom. The minimum Gasteiger partial charge on any atom is -0.436 e. The number of allylic oxidation sites excluding steroid dienone is 2. The molecule has 0 spiro atoms. The van der Waals surface area contributed by atoms with Crippen molar-refractivity contribution in [2.75, 3.05) is 0 Å². The highest BCUT2D eigenvalue weighted by Gasteiger charge is 2.20. The monoisotopic (exact) mass is 362 g/mol. The van der Waals surface area contributed by atoms with Crippen molar-refractivity contribution < 1.29 is 9.42 Å². The zero-order chi connectivity index (χ0) is 16.7. The summed E-state index contributed by atoms with van der Waals surface area (Å²) in [6.45, 7) is 7.51. The predicted octanol–water partition coefficient (Wildman–Crippen LogP) is 5.53. The molecule has 0 heterocycles. The van der Waals surface area contributed by atoms with Crippen molar-refractivity contribution in [3.05, 3.63) is 85.0 Å². The van der Waals surface area contributed by atoms with Gasteiger partial charge in [0, 0.05) is 4.90 Å². The van der Waals surface area contributed by atoms with Gasteiger partial charge in [0.15, 0.2) is 0 Å². The number of hydrogen-bond acceptors (Lipinski definition) is 3. The average Bonchev–Trinajstić information content (AvgIpc) is 2.51. The van der Waals surface area contributed by atoms with Crippen LogP contribution in [0.5, 0.6) is 5.75 Å². The molecule has 0 saturated carbocycles. The van der Waals surface area contributed by atoms with Gasteiger partial charge in [-0.2, -0.15) is 0 Å². The maximum Gasteiger partial charge on any atom is 0.299 e. The lowest BCUT2D eigenvalue weighted by Gasteiger charge is -2.19. The average molecular weight is 362 g/mol. The Hall–Kier alpha value is -1.32. The molecule has 2 rings (SSSR count). The molecular weight excluding hydrogens is 343 g/mol. The highest BCUT2D eigenvalue weighted by molar-refractivity contribution is 8.67. The zero-order valence-electron chi connectivity index (χ0n) is 12.7. The van der Waals surface area contributed by atoms with Gasteiger partial charge in [0.05, 0.1) is 0 Å². The highest BCUT2D eigenvalue weighted by Crippen LogP contribution is 2.60. The molecule has 120 valence electrons. The molecule has 2 nitrogen and oxygen atoms in total. The third-order valence-corrected chi connectivity index (χ3v) is 6.75. The van der Waals surface area contributed by atoms with E-state index in [4.69, 9.17) is 16.3 Å². The van der Waals surface area contributed by atoms with Gasteiger partial charge in [-0.15, -0.1) is 13.2 Å². The summed E-state index contributed by atoms with van der Waals surface area (Å²) in [7, 11) is 0. The van der Waals surface area contributed by atoms with E-state index in [0.29, 0.717) is 12.2 Å². The summed E-state index contributed by atoms with van der Waals surface area (Å²) in [4.78, 5) is 11.6. The summed E-state index contributed by atoms with van der Waals surface area (Å²) in [5, 5.41) is 0. The molecular formula is C18H19O2PS2. The summed E-state index contributed by atoms with van der Waals surface area (Å²) in [6.07, 6.45) is 5.03. The molecule has 0 bridgehead atoms. The van der Waals surface area contributed by atoms with Crippen LogP contribution < -0.4 is 4.52 Å². The highest BCUT2D eigenvalue weighted by atomic mass is 32.9. The predicted molar refractivity (Wildman–Crippen MR) is 104 cm³/mol. The second-order valence-corrected chi connectivity index (χ2v) is 10.8. The first-order valence-electron chi connectivity index (χ1n) is 7.15. The maximum absolute atomic E-state index is 10.6. The van der Waals surface area contributed by atoms with Gasteiger partial charge in [-0.25, -0.2) is 0 Å². The summed E-state index contributed by atoms with van der Waals surface area (Å²) in [5.74, 6) is 0.618. The first-order valence-corrected chi connectivity index (χ1v) is 11.2. The fourth-order valence-corrected chi connectivity index (χ4v) is 5.82. The molecule has 0 aliphatic heterocycles. The zero-order valence-corrected chi connectivity index (χ0v) is 15.2. The maximum atomic E-state index is 10.6. The normalized spacial score (nSPS) is 13.1. The number of rotatable bonds is 8. The van der Waals surface area contributed by atoms with E-state index in [1.807, 2.05) is 54.6 Å². The summed E-state index contributed by atoms with van der Waals surface area (Å²) < 4.78 is 5.79. The lowest BCUT2D eigenvalue weighted by molar-refractivity contribution is 0.501. The second-order valence-electron chi connectivity index (χ2n) is 4.85. The molecule has 2 aromatic rings. The molecule has 2 aromatic carbocycles. The SMILES string of the molecule is C=CCc1ccccc1OP(O)(=S)Sc1ccccc1CC=C. The van der Waals surface area contributed by atoms with Gasteiger partial charge in [-0.05, 0) is 59.3 Å². The van der Waals surface area contributed by atoms with Gasteiger partial charge < -0.3 is 9.42 Å². The molecule has 0 aliphatic rings. The number of benzene rings is 2. The van der Waals surface area contributed by atoms with Gasteiger partial charge in [-0.1, -0.05) is 48.6 Å². The van der Waals surface area contributed by atoms with Crippen LogP contribution in [0.4, 0.5) is 0 Å². The third kappa shape index (κ3) is 5.36. The lowest BCUT2D eigenvalue weighted by Crippen LogP contribution is -1.94. The molecule has 23 heavy (non-hydrogen) atoms. The van der Waals surface area contributed by atoms with Crippen molar-refractivity contribution in [2.24, 2.45) is 0 Å². The van der Waals surface area contributed by atoms with Crippen molar-refractivity contribution in [3.8, 4) is 5.75 Å². The Morgan fingerprint density at radius 2 is 1.57 bits per heavy atom. The molecule has 0 radical (unpaired) electrons. The van der Waals surface area contributed by atoms with Crippen LogP contribution in [0.25, 0.3) is 0 Å². The molecule has 5 heteroatoms. The lowest BCUT2D eigenvalue weighted by atomic mass is 10.1. The fraction of sp³-hybridized carbons (Fsp3) is 0.111. The van der Waals surface area contributed by atoms with E-state index in [2.05, 4.69) is 13.2 Å². The van der Waals surface area contributed by atoms with Crippen molar-refractivity contribution in [3.63, 3.8) is 0 Å². The Kier molecular flexibility index (Phi) is 6.67. The summed E-state index contributed by atoms with van der Waals surface area (Å²) in [5.41, 5.74) is -1.01. The number of para-hydroxylation sites is 1. The topological polar surface area (TPSA) is 29.5 Å². The third-order valence-electron chi connectivity index (χ3n) is 3.10. The van der Waals surface area contributed by atoms with Crippen LogP contribution in [0.3, 0.4) is 0 Å². The van der Waals surface area contributed by atoms with Gasteiger partial charge in [0.25, 0.3) is 5.69 Å². The van der Waals surface area contributed by atoms with E-state index in [-0.39, 0.29) is 0 Å². The Bertz CT molecular complexity index is 684. The van der Waals surface area contributed by atoms with E-state index in [1.54, 1.807) is 6.08 Å². The Labute approximate surface area is 146 Å². The molecule has 0 saturated heterocycles. The van der Waals surface area contributed by atoms with Gasteiger partial charge in [-0.3, -0.25) is 0 Å².